The molecular formula is C6H8O7. The molecule has 0 bridgehead atoms. The van der Waals surface area contributed by atoms with Crippen molar-refractivity contribution < 1.29 is 34.8 Å². The molecule has 0 aromatic carbocycles. The molecule has 7 nitrogen and oxygen atoms in total. The van der Waals surface area contributed by atoms with Crippen LogP contribution in [0.25, 0.3) is 0 Å². The average molecular weight is 193 g/mol. The van der Waals surface area contributed by atoms with Crippen molar-refractivity contribution >= 4 is 17.9 Å². The van der Waals surface area contributed by atoms with Crippen LogP contribution in [0.15, 0.2) is 0 Å². The summed E-state index contributed by atoms with van der Waals surface area (Å²) >= 11 is 0. The van der Waals surface area contributed by atoms with Crippen LogP contribution in [0.5, 0.6) is 0 Å². The van der Waals surface area contributed by atoms with Crippen molar-refractivity contribution in [3.8, 4) is 0 Å². The van der Waals surface area contributed by atoms with Crippen LogP contribution >= 0.6 is 0 Å². The molecule has 0 aromatic heterocycles. The smallest absolute Gasteiger partial charge is 0.333 e. The van der Waals surface area contributed by atoms with Crippen molar-refractivity contribution in [3.05, 3.63) is 0 Å². The van der Waals surface area contributed by atoms with E-state index in [9.17, 15) is 14.4 Å². The summed E-state index contributed by atoms with van der Waals surface area (Å²) in [5.74, 6) is -6.71. The quantitative estimate of drug-likeness (QED) is 0.395. The number of rotatable bonds is 5. The van der Waals surface area contributed by atoms with Gasteiger partial charge in [-0.25, -0.2) is 4.79 Å². The highest BCUT2D eigenvalue weighted by Crippen LogP contribution is 2.09. The third kappa shape index (κ3) is 3.52. The van der Waals surface area contributed by atoms with Gasteiger partial charge in [0.25, 0.3) is 0 Å². The molecule has 0 fully saturated rings. The van der Waals surface area contributed by atoms with Crippen molar-refractivity contribution in [3.63, 3.8) is 0 Å². The van der Waals surface area contributed by atoms with Crippen LogP contribution in [-0.2, 0) is 14.4 Å². The molecule has 0 rings (SSSR count). The van der Waals surface area contributed by atoms with Crippen molar-refractivity contribution in [1.82, 2.24) is 0 Å². The van der Waals surface area contributed by atoms with E-state index in [1.807, 2.05) is 0 Å². The average Bonchev–Trinajstić information content (AvgIpc) is 1.97. The second-order valence-corrected chi connectivity index (χ2v) is 2.33. The van der Waals surface area contributed by atoms with E-state index in [1.54, 1.807) is 0 Å². The van der Waals surface area contributed by atoms with Gasteiger partial charge in [0.15, 0.2) is 6.10 Å². The van der Waals surface area contributed by atoms with Crippen LogP contribution in [0, 0.1) is 5.92 Å². The molecule has 0 heterocycles. The summed E-state index contributed by atoms with van der Waals surface area (Å²) in [6, 6.07) is 0. The third-order valence-corrected chi connectivity index (χ3v) is 1.35. The van der Waals surface area contributed by atoms with Crippen molar-refractivity contribution in [2.45, 2.75) is 12.5 Å². The highest BCUT2D eigenvalue weighted by atomic mass is 16.5. The molecule has 0 aliphatic rings. The lowest BCUT2D eigenvalue weighted by Gasteiger charge is -2.12. The number of carbonyl (C=O) groups is 3. The molecule has 0 spiro atoms. The maximum atomic E-state index is 10.3. The van der Waals surface area contributed by atoms with Gasteiger partial charge in [-0.1, -0.05) is 0 Å². The van der Waals surface area contributed by atoms with E-state index in [0.717, 1.165) is 0 Å². The molecule has 4 N–H and O–H groups in total. The van der Waals surface area contributed by atoms with Gasteiger partial charge in [0.1, 0.15) is 5.92 Å². The van der Waals surface area contributed by atoms with Crippen LogP contribution in [0.2, 0.25) is 0 Å². The highest BCUT2D eigenvalue weighted by molar-refractivity contribution is 5.85. The molecule has 74 valence electrons. The maximum absolute atomic E-state index is 10.3. The summed E-state index contributed by atoms with van der Waals surface area (Å²) < 4.78 is 0. The molecule has 0 saturated carbocycles. The standard InChI is InChI=1S/C6H8O7/c7-3(8)1-2(5(10)11)4(9)6(12)13/h2,4,9H,1H2,(H,7,8)(H,10,11)(H,12,13)/t2-,4+/m0/s1/i6+1. The topological polar surface area (TPSA) is 132 Å². The van der Waals surface area contributed by atoms with E-state index < -0.39 is 36.4 Å². The minimum Gasteiger partial charge on any atom is -0.481 e. The van der Waals surface area contributed by atoms with Crippen molar-refractivity contribution in [1.29, 1.82) is 0 Å². The first kappa shape index (κ1) is 11.4. The van der Waals surface area contributed by atoms with Crippen LogP contribution in [0.4, 0.5) is 0 Å². The molecule has 7 heteroatoms. The van der Waals surface area contributed by atoms with Gasteiger partial charge >= 0.3 is 17.9 Å². The van der Waals surface area contributed by atoms with Gasteiger partial charge in [-0.05, 0) is 0 Å². The molecule has 0 amide bonds. The number of aliphatic hydroxyl groups excluding tert-OH is 1. The Balaban J connectivity index is 4.51. The number of aliphatic carboxylic acids is 3. The Morgan fingerprint density at radius 1 is 1.00 bits per heavy atom. The Labute approximate surface area is 72.2 Å². The Hall–Kier alpha value is -1.63. The van der Waals surface area contributed by atoms with E-state index in [0.29, 0.717) is 0 Å². The molecule has 0 aromatic rings. The van der Waals surface area contributed by atoms with E-state index in [2.05, 4.69) is 0 Å². The Bertz CT molecular complexity index is 233. The van der Waals surface area contributed by atoms with Gasteiger partial charge in [-0.15, -0.1) is 0 Å². The lowest BCUT2D eigenvalue weighted by molar-refractivity contribution is -0.162. The maximum Gasteiger partial charge on any atom is 0.333 e. The second-order valence-electron chi connectivity index (χ2n) is 2.33. The SMILES string of the molecule is O=C(O)C[C@H](C(=O)O)[C@@H](O)[13C](=O)O. The minimum absolute atomic E-state index is 0.928. The number of carboxylic acids is 3. The predicted octanol–water partition coefficient (Wildman–Crippen LogP) is -1.39. The first-order chi connectivity index (χ1) is 5.86. The van der Waals surface area contributed by atoms with Gasteiger partial charge in [0, 0.05) is 0 Å². The van der Waals surface area contributed by atoms with Gasteiger partial charge in [0.2, 0.25) is 0 Å². The molecule has 0 radical (unpaired) electrons. The molecular weight excluding hydrogens is 185 g/mol. The second kappa shape index (κ2) is 4.41. The fraction of sp³-hybridized carbons (Fsp3) is 0.500. The first-order valence-corrected chi connectivity index (χ1v) is 3.21. The largest absolute Gasteiger partial charge is 0.481 e. The lowest BCUT2D eigenvalue weighted by Crippen LogP contribution is -2.36. The summed E-state index contributed by atoms with van der Waals surface area (Å²) in [7, 11) is 0. The number of carboxylic acid groups (broad SMARTS) is 3. The number of hydrogen-bond donors (Lipinski definition) is 4. The summed E-state index contributed by atoms with van der Waals surface area (Å²) in [4.78, 5) is 30.5. The van der Waals surface area contributed by atoms with Gasteiger partial charge in [-0.2, -0.15) is 0 Å². The predicted molar refractivity (Wildman–Crippen MR) is 37.0 cm³/mol. The number of hydrogen-bond acceptors (Lipinski definition) is 4. The Morgan fingerprint density at radius 3 is 1.69 bits per heavy atom. The van der Waals surface area contributed by atoms with E-state index in [4.69, 9.17) is 20.4 Å². The van der Waals surface area contributed by atoms with E-state index in [-0.39, 0.29) is 0 Å². The van der Waals surface area contributed by atoms with Crippen LogP contribution < -0.4 is 0 Å². The summed E-state index contributed by atoms with van der Waals surface area (Å²) in [6.07, 6.45) is -3.13. The highest BCUT2D eigenvalue weighted by Gasteiger charge is 2.33. The van der Waals surface area contributed by atoms with Crippen LogP contribution in [-0.4, -0.2) is 44.4 Å². The zero-order valence-electron chi connectivity index (χ0n) is 6.38. The summed E-state index contributed by atoms with van der Waals surface area (Å²) in [5.41, 5.74) is 0. The fourth-order valence-electron chi connectivity index (χ4n) is 0.694. The molecule has 0 saturated heterocycles. The van der Waals surface area contributed by atoms with Crippen molar-refractivity contribution in [2.75, 3.05) is 0 Å². The molecule has 2 atom stereocenters. The molecule has 0 aliphatic heterocycles. The zero-order valence-corrected chi connectivity index (χ0v) is 6.38. The van der Waals surface area contributed by atoms with Gasteiger partial charge < -0.3 is 20.4 Å². The monoisotopic (exact) mass is 193 g/mol. The van der Waals surface area contributed by atoms with Crippen molar-refractivity contribution in [2.24, 2.45) is 5.92 Å². The Morgan fingerprint density at radius 2 is 1.46 bits per heavy atom. The molecule has 0 aliphatic carbocycles. The van der Waals surface area contributed by atoms with E-state index in [1.165, 1.54) is 0 Å². The normalized spacial score (nSPS) is 14.5. The molecule has 0 unspecified atom stereocenters. The minimum atomic E-state index is -2.20. The lowest BCUT2D eigenvalue weighted by atomic mass is 10.0. The first-order valence-electron chi connectivity index (χ1n) is 3.21. The van der Waals surface area contributed by atoms with E-state index >= 15 is 0 Å². The van der Waals surface area contributed by atoms with Crippen LogP contribution in [0.3, 0.4) is 0 Å². The van der Waals surface area contributed by atoms with Gasteiger partial charge in [0.05, 0.1) is 6.42 Å². The van der Waals surface area contributed by atoms with Gasteiger partial charge in [-0.3, -0.25) is 9.59 Å². The Kier molecular flexibility index (Phi) is 3.86. The summed E-state index contributed by atoms with van der Waals surface area (Å²) in [5, 5.41) is 33.5. The molecule has 13 heavy (non-hydrogen) atoms. The summed E-state index contributed by atoms with van der Waals surface area (Å²) in [6.45, 7) is 0. The third-order valence-electron chi connectivity index (χ3n) is 1.35. The zero-order chi connectivity index (χ0) is 10.6. The number of aliphatic hydroxyl groups is 1. The fourth-order valence-corrected chi connectivity index (χ4v) is 0.694. The van der Waals surface area contributed by atoms with Crippen LogP contribution in [0.1, 0.15) is 6.42 Å².